The molecule has 0 radical (unpaired) electrons. The first-order chi connectivity index (χ1) is 10.7. The molecule has 0 saturated heterocycles. The lowest BCUT2D eigenvalue weighted by Gasteiger charge is -2.23. The lowest BCUT2D eigenvalue weighted by Crippen LogP contribution is -2.28. The zero-order valence-electron chi connectivity index (χ0n) is 13.4. The van der Waals surface area contributed by atoms with E-state index in [4.69, 9.17) is 0 Å². The molecule has 6 nitrogen and oxygen atoms in total. The largest absolute Gasteiger partial charge is 0.289 e. The molecule has 0 aromatic heterocycles. The summed E-state index contributed by atoms with van der Waals surface area (Å²) in [5, 5.41) is 11.1. The minimum absolute atomic E-state index is 0.313. The van der Waals surface area contributed by atoms with Crippen LogP contribution in [0.15, 0.2) is 41.3 Å². The van der Waals surface area contributed by atoms with Crippen molar-refractivity contribution in [3.63, 3.8) is 0 Å². The van der Waals surface area contributed by atoms with E-state index in [-0.39, 0.29) is 4.90 Å². The predicted molar refractivity (Wildman–Crippen MR) is 89.3 cm³/mol. The van der Waals surface area contributed by atoms with E-state index in [0.29, 0.717) is 5.69 Å². The molecule has 0 spiro atoms. The molecule has 0 heterocycles. The second-order valence-corrected chi connectivity index (χ2v) is 7.38. The maximum atomic E-state index is 12.9. The standard InChI is InChI=1S/C16H18N2O4S/c1-11-9-12(2)16(13(3)10-11)17(4)23(21,22)15-8-6-5-7-14(15)18(19)20/h5-10H,1-4H3. The summed E-state index contributed by atoms with van der Waals surface area (Å²) in [6, 6.07) is 9.13. The highest BCUT2D eigenvalue weighted by Crippen LogP contribution is 2.32. The summed E-state index contributed by atoms with van der Waals surface area (Å²) in [4.78, 5) is 10.1. The van der Waals surface area contributed by atoms with Gasteiger partial charge in [-0.2, -0.15) is 0 Å². The highest BCUT2D eigenvalue weighted by molar-refractivity contribution is 7.93. The van der Waals surface area contributed by atoms with Crippen molar-refractivity contribution in [3.8, 4) is 0 Å². The minimum atomic E-state index is -4.03. The van der Waals surface area contributed by atoms with Gasteiger partial charge in [-0.1, -0.05) is 29.8 Å². The Hall–Kier alpha value is -2.41. The monoisotopic (exact) mass is 334 g/mol. The molecule has 7 heteroatoms. The minimum Gasteiger partial charge on any atom is -0.269 e. The first-order valence-electron chi connectivity index (χ1n) is 6.96. The van der Waals surface area contributed by atoms with Crippen molar-refractivity contribution in [1.82, 2.24) is 0 Å². The quantitative estimate of drug-likeness (QED) is 0.634. The Morgan fingerprint density at radius 1 is 1.04 bits per heavy atom. The number of aryl methyl sites for hydroxylation is 3. The van der Waals surface area contributed by atoms with E-state index < -0.39 is 20.6 Å². The van der Waals surface area contributed by atoms with Crippen molar-refractivity contribution < 1.29 is 13.3 Å². The SMILES string of the molecule is Cc1cc(C)c(N(C)S(=O)(=O)c2ccccc2[N+](=O)[O-])c(C)c1. The van der Waals surface area contributed by atoms with E-state index in [1.807, 2.05) is 32.9 Å². The van der Waals surface area contributed by atoms with Gasteiger partial charge in [0, 0.05) is 13.1 Å². The number of nitro groups is 1. The smallest absolute Gasteiger partial charge is 0.269 e. The van der Waals surface area contributed by atoms with Gasteiger partial charge in [-0.25, -0.2) is 8.42 Å². The van der Waals surface area contributed by atoms with Gasteiger partial charge in [0.1, 0.15) is 0 Å². The van der Waals surface area contributed by atoms with Crippen LogP contribution < -0.4 is 4.31 Å². The van der Waals surface area contributed by atoms with Gasteiger partial charge in [0.05, 0.1) is 10.6 Å². The molecule has 0 atom stereocenters. The molecule has 2 aromatic carbocycles. The predicted octanol–water partition coefficient (Wildman–Crippen LogP) is 3.35. The van der Waals surface area contributed by atoms with Gasteiger partial charge in [0.25, 0.3) is 15.7 Å². The molecule has 23 heavy (non-hydrogen) atoms. The molecule has 122 valence electrons. The Bertz CT molecular complexity index is 852. The lowest BCUT2D eigenvalue weighted by atomic mass is 10.1. The highest BCUT2D eigenvalue weighted by atomic mass is 32.2. The number of hydrogen-bond donors (Lipinski definition) is 0. The second-order valence-electron chi connectivity index (χ2n) is 5.44. The van der Waals surface area contributed by atoms with Crippen molar-refractivity contribution in [1.29, 1.82) is 0 Å². The van der Waals surface area contributed by atoms with Crippen LogP contribution in [-0.2, 0) is 10.0 Å². The van der Waals surface area contributed by atoms with E-state index in [9.17, 15) is 18.5 Å². The third-order valence-corrected chi connectivity index (χ3v) is 5.46. The molecular weight excluding hydrogens is 316 g/mol. The third kappa shape index (κ3) is 3.05. The Morgan fingerprint density at radius 3 is 2.09 bits per heavy atom. The van der Waals surface area contributed by atoms with Crippen LogP contribution in [0.1, 0.15) is 16.7 Å². The van der Waals surface area contributed by atoms with Crippen molar-refractivity contribution in [3.05, 3.63) is 63.2 Å². The van der Waals surface area contributed by atoms with E-state index in [2.05, 4.69) is 0 Å². The van der Waals surface area contributed by atoms with Crippen LogP contribution in [-0.4, -0.2) is 20.4 Å². The number of rotatable bonds is 4. The molecule has 0 amide bonds. The number of anilines is 1. The average molecular weight is 334 g/mol. The number of hydrogen-bond acceptors (Lipinski definition) is 4. The molecule has 2 aromatic rings. The fourth-order valence-electron chi connectivity index (χ4n) is 2.76. The molecule has 0 unspecified atom stereocenters. The van der Waals surface area contributed by atoms with Crippen molar-refractivity contribution in [2.45, 2.75) is 25.7 Å². The molecule has 0 aliphatic rings. The Labute approximate surface area is 135 Å². The van der Waals surface area contributed by atoms with Gasteiger partial charge in [0.2, 0.25) is 0 Å². The number of nitrogens with zero attached hydrogens (tertiary/aromatic N) is 2. The highest BCUT2D eigenvalue weighted by Gasteiger charge is 2.30. The van der Waals surface area contributed by atoms with Crippen LogP contribution in [0, 0.1) is 30.9 Å². The number of sulfonamides is 1. The first-order valence-corrected chi connectivity index (χ1v) is 8.40. The Balaban J connectivity index is 2.64. The van der Waals surface area contributed by atoms with E-state index in [0.717, 1.165) is 21.0 Å². The van der Waals surface area contributed by atoms with Crippen LogP contribution in [0.25, 0.3) is 0 Å². The van der Waals surface area contributed by atoms with E-state index in [1.54, 1.807) is 0 Å². The van der Waals surface area contributed by atoms with Crippen LogP contribution in [0.4, 0.5) is 11.4 Å². The van der Waals surface area contributed by atoms with Gasteiger partial charge >= 0.3 is 0 Å². The summed E-state index contributed by atoms with van der Waals surface area (Å²) in [6.45, 7) is 5.57. The lowest BCUT2D eigenvalue weighted by molar-refractivity contribution is -0.387. The Morgan fingerprint density at radius 2 is 1.57 bits per heavy atom. The Kier molecular flexibility index (Phi) is 4.42. The van der Waals surface area contributed by atoms with Gasteiger partial charge in [-0.05, 0) is 38.0 Å². The summed E-state index contributed by atoms with van der Waals surface area (Å²) in [5.74, 6) is 0. The molecule has 0 fully saturated rings. The fourth-order valence-corrected chi connectivity index (χ4v) is 4.24. The van der Waals surface area contributed by atoms with Crippen molar-refractivity contribution in [2.75, 3.05) is 11.4 Å². The summed E-state index contributed by atoms with van der Waals surface area (Å²) in [6.07, 6.45) is 0. The van der Waals surface area contributed by atoms with Gasteiger partial charge in [-0.15, -0.1) is 0 Å². The average Bonchev–Trinajstić information content (AvgIpc) is 2.45. The van der Waals surface area contributed by atoms with Gasteiger partial charge in [-0.3, -0.25) is 14.4 Å². The molecular formula is C16H18N2O4S. The van der Waals surface area contributed by atoms with Crippen molar-refractivity contribution in [2.24, 2.45) is 0 Å². The van der Waals surface area contributed by atoms with Crippen molar-refractivity contribution >= 4 is 21.4 Å². The molecule has 0 aliphatic carbocycles. The summed E-state index contributed by atoms with van der Waals surface area (Å²) in [5.41, 5.74) is 2.73. The first kappa shape index (κ1) is 17.0. The maximum Gasteiger partial charge on any atom is 0.289 e. The van der Waals surface area contributed by atoms with Crippen LogP contribution in [0.5, 0.6) is 0 Å². The molecule has 0 aliphatic heterocycles. The number of benzene rings is 2. The molecule has 0 N–H and O–H groups in total. The maximum absolute atomic E-state index is 12.9. The molecule has 0 saturated carbocycles. The fraction of sp³-hybridized carbons (Fsp3) is 0.250. The summed E-state index contributed by atoms with van der Waals surface area (Å²) >= 11 is 0. The summed E-state index contributed by atoms with van der Waals surface area (Å²) < 4.78 is 26.8. The van der Waals surface area contributed by atoms with E-state index in [1.165, 1.54) is 31.3 Å². The third-order valence-electron chi connectivity index (χ3n) is 3.65. The van der Waals surface area contributed by atoms with E-state index >= 15 is 0 Å². The van der Waals surface area contributed by atoms with Crippen LogP contribution >= 0.6 is 0 Å². The summed E-state index contributed by atoms with van der Waals surface area (Å²) in [7, 11) is -2.62. The van der Waals surface area contributed by atoms with Crippen LogP contribution in [0.3, 0.4) is 0 Å². The second kappa shape index (κ2) is 6.00. The van der Waals surface area contributed by atoms with Crippen LogP contribution in [0.2, 0.25) is 0 Å². The van der Waals surface area contributed by atoms with Gasteiger partial charge < -0.3 is 0 Å². The normalized spacial score (nSPS) is 11.3. The number of nitro benzene ring substituents is 1. The zero-order chi connectivity index (χ0) is 17.4. The topological polar surface area (TPSA) is 80.5 Å². The molecule has 2 rings (SSSR count). The molecule has 0 bridgehead atoms. The van der Waals surface area contributed by atoms with Gasteiger partial charge in [0.15, 0.2) is 4.90 Å². The number of para-hydroxylation sites is 1. The zero-order valence-corrected chi connectivity index (χ0v) is 14.2.